The summed E-state index contributed by atoms with van der Waals surface area (Å²) in [6.45, 7) is 1.35. The van der Waals surface area contributed by atoms with Crippen LogP contribution in [-0.4, -0.2) is 52.4 Å². The van der Waals surface area contributed by atoms with Crippen LogP contribution in [0.4, 0.5) is 0 Å². The van der Waals surface area contributed by atoms with Gasteiger partial charge < -0.3 is 25.8 Å². The van der Waals surface area contributed by atoms with Crippen molar-refractivity contribution in [3.63, 3.8) is 0 Å². The van der Waals surface area contributed by atoms with Crippen molar-refractivity contribution < 1.29 is 20.1 Å². The van der Waals surface area contributed by atoms with Gasteiger partial charge in [-0.1, -0.05) is 0 Å². The molecule has 5 N–H and O–H groups in total. The van der Waals surface area contributed by atoms with Crippen molar-refractivity contribution in [2.45, 2.75) is 30.8 Å². The molecule has 0 amide bonds. The number of ether oxygens (including phenoxy) is 1. The Hall–Kier alpha value is -0.200. The topological polar surface area (TPSA) is 95.9 Å². The monoisotopic (exact) mass is 177 g/mol. The van der Waals surface area contributed by atoms with Crippen LogP contribution in [0, 0.1) is 0 Å². The molecule has 12 heavy (non-hydrogen) atoms. The van der Waals surface area contributed by atoms with Gasteiger partial charge in [-0.3, -0.25) is 0 Å². The molecular formula is C7H15NO4. The van der Waals surface area contributed by atoms with Crippen molar-refractivity contribution in [1.82, 2.24) is 0 Å². The van der Waals surface area contributed by atoms with Crippen molar-refractivity contribution in [3.05, 3.63) is 0 Å². The third kappa shape index (κ3) is 1.46. The van der Waals surface area contributed by atoms with E-state index in [9.17, 15) is 10.2 Å². The summed E-state index contributed by atoms with van der Waals surface area (Å²) < 4.78 is 5.12. The first-order valence-corrected chi connectivity index (χ1v) is 3.88. The third-order valence-corrected chi connectivity index (χ3v) is 2.31. The molecule has 1 saturated heterocycles. The number of hydrogen-bond donors (Lipinski definition) is 4. The fraction of sp³-hybridized carbons (Fsp3) is 1.00. The Kier molecular flexibility index (Phi) is 2.70. The summed E-state index contributed by atoms with van der Waals surface area (Å²) in [5, 5.41) is 27.7. The van der Waals surface area contributed by atoms with Gasteiger partial charge in [0.05, 0.1) is 19.3 Å². The van der Waals surface area contributed by atoms with Gasteiger partial charge in [0.15, 0.2) is 0 Å². The van der Waals surface area contributed by atoms with Crippen molar-refractivity contribution in [1.29, 1.82) is 0 Å². The zero-order chi connectivity index (χ0) is 9.35. The Balaban J connectivity index is 2.71. The molecule has 0 aromatic rings. The third-order valence-electron chi connectivity index (χ3n) is 2.31. The van der Waals surface area contributed by atoms with Crippen LogP contribution in [-0.2, 0) is 4.74 Å². The molecule has 1 fully saturated rings. The lowest BCUT2D eigenvalue weighted by Crippen LogP contribution is -2.63. The lowest BCUT2D eigenvalue weighted by atomic mass is 9.89. The SMILES string of the molecule is C[C@]1(CO)OC[C@H](N)[C@@H](O)[C@H]1O. The first-order valence-electron chi connectivity index (χ1n) is 3.88. The van der Waals surface area contributed by atoms with E-state index in [0.717, 1.165) is 0 Å². The van der Waals surface area contributed by atoms with E-state index in [0.29, 0.717) is 0 Å². The minimum atomic E-state index is -1.13. The lowest BCUT2D eigenvalue weighted by Gasteiger charge is -2.42. The van der Waals surface area contributed by atoms with E-state index < -0.39 is 23.9 Å². The highest BCUT2D eigenvalue weighted by Crippen LogP contribution is 2.24. The van der Waals surface area contributed by atoms with Gasteiger partial charge in [-0.2, -0.15) is 0 Å². The Morgan fingerprint density at radius 3 is 2.67 bits per heavy atom. The average molecular weight is 177 g/mol. The molecule has 1 heterocycles. The standard InChI is InChI=1S/C7H15NO4/c1-7(3-9)6(11)5(10)4(8)2-12-7/h4-6,9-11H,2-3,8H2,1H3/t4-,5+,6+,7+/m0/s1. The number of rotatable bonds is 1. The Bertz CT molecular complexity index is 165. The van der Waals surface area contributed by atoms with Crippen molar-refractivity contribution in [2.24, 2.45) is 5.73 Å². The molecule has 1 rings (SSSR count). The minimum absolute atomic E-state index is 0.148. The van der Waals surface area contributed by atoms with Crippen LogP contribution >= 0.6 is 0 Å². The lowest BCUT2D eigenvalue weighted by molar-refractivity contribution is -0.209. The van der Waals surface area contributed by atoms with Gasteiger partial charge in [-0.25, -0.2) is 0 Å². The first kappa shape index (κ1) is 9.88. The van der Waals surface area contributed by atoms with Gasteiger partial charge in [0.1, 0.15) is 17.8 Å². The largest absolute Gasteiger partial charge is 0.393 e. The maximum absolute atomic E-state index is 9.45. The van der Waals surface area contributed by atoms with E-state index in [1.807, 2.05) is 0 Å². The Morgan fingerprint density at radius 1 is 1.58 bits per heavy atom. The van der Waals surface area contributed by atoms with Gasteiger partial charge in [0.25, 0.3) is 0 Å². The van der Waals surface area contributed by atoms with Crippen LogP contribution in [0.5, 0.6) is 0 Å². The number of nitrogens with two attached hydrogens (primary N) is 1. The smallest absolute Gasteiger partial charge is 0.117 e. The van der Waals surface area contributed by atoms with Crippen LogP contribution in [0.15, 0.2) is 0 Å². The van der Waals surface area contributed by atoms with Gasteiger partial charge in [-0.15, -0.1) is 0 Å². The van der Waals surface area contributed by atoms with Gasteiger partial charge >= 0.3 is 0 Å². The number of aliphatic hydroxyl groups is 3. The van der Waals surface area contributed by atoms with Crippen molar-refractivity contribution in [2.75, 3.05) is 13.2 Å². The van der Waals surface area contributed by atoms with Crippen LogP contribution in [0.1, 0.15) is 6.92 Å². The summed E-state index contributed by atoms with van der Waals surface area (Å²) >= 11 is 0. The molecule has 0 radical (unpaired) electrons. The summed E-state index contributed by atoms with van der Waals surface area (Å²) in [4.78, 5) is 0. The summed E-state index contributed by atoms with van der Waals surface area (Å²) in [5.41, 5.74) is 4.34. The first-order chi connectivity index (χ1) is 5.51. The van der Waals surface area contributed by atoms with E-state index in [4.69, 9.17) is 15.6 Å². The summed E-state index contributed by atoms with van der Waals surface area (Å²) in [6.07, 6.45) is -2.16. The molecule has 0 aliphatic carbocycles. The second-order valence-corrected chi connectivity index (χ2v) is 3.38. The maximum Gasteiger partial charge on any atom is 0.117 e. The predicted molar refractivity (Wildman–Crippen MR) is 41.4 cm³/mol. The normalized spacial score (nSPS) is 49.2. The van der Waals surface area contributed by atoms with Crippen LogP contribution < -0.4 is 5.73 Å². The van der Waals surface area contributed by atoms with E-state index in [1.165, 1.54) is 6.92 Å². The molecule has 1 aliphatic heterocycles. The van der Waals surface area contributed by atoms with E-state index in [-0.39, 0.29) is 13.2 Å². The molecule has 0 saturated carbocycles. The zero-order valence-electron chi connectivity index (χ0n) is 6.97. The summed E-state index contributed by atoms with van der Waals surface area (Å²) in [6, 6.07) is -0.584. The molecule has 0 spiro atoms. The van der Waals surface area contributed by atoms with Crippen molar-refractivity contribution in [3.8, 4) is 0 Å². The van der Waals surface area contributed by atoms with Crippen LogP contribution in [0.2, 0.25) is 0 Å². The van der Waals surface area contributed by atoms with Gasteiger partial charge in [0, 0.05) is 0 Å². The zero-order valence-corrected chi connectivity index (χ0v) is 6.97. The molecule has 0 aromatic carbocycles. The molecule has 0 unspecified atom stereocenters. The Morgan fingerprint density at radius 2 is 2.17 bits per heavy atom. The molecule has 5 nitrogen and oxygen atoms in total. The van der Waals surface area contributed by atoms with E-state index in [2.05, 4.69) is 0 Å². The molecule has 0 aromatic heterocycles. The maximum atomic E-state index is 9.45. The number of aliphatic hydroxyl groups excluding tert-OH is 3. The van der Waals surface area contributed by atoms with Gasteiger partial charge in [0.2, 0.25) is 0 Å². The molecule has 0 bridgehead atoms. The summed E-state index contributed by atoms with van der Waals surface area (Å²) in [7, 11) is 0. The summed E-state index contributed by atoms with van der Waals surface area (Å²) in [5.74, 6) is 0. The fourth-order valence-electron chi connectivity index (χ4n) is 1.21. The average Bonchev–Trinajstić information content (AvgIpc) is 2.09. The molecule has 1 aliphatic rings. The predicted octanol–water partition coefficient (Wildman–Crippen LogP) is -2.18. The fourth-order valence-corrected chi connectivity index (χ4v) is 1.21. The van der Waals surface area contributed by atoms with Crippen LogP contribution in [0.3, 0.4) is 0 Å². The van der Waals surface area contributed by atoms with Crippen LogP contribution in [0.25, 0.3) is 0 Å². The highest BCUT2D eigenvalue weighted by Gasteiger charge is 2.44. The van der Waals surface area contributed by atoms with Gasteiger partial charge in [-0.05, 0) is 6.92 Å². The minimum Gasteiger partial charge on any atom is -0.393 e. The number of hydrogen-bond acceptors (Lipinski definition) is 5. The second kappa shape index (κ2) is 3.27. The highest BCUT2D eigenvalue weighted by molar-refractivity contribution is 4.96. The molecule has 5 heteroatoms. The Labute approximate surface area is 70.8 Å². The second-order valence-electron chi connectivity index (χ2n) is 3.38. The molecular weight excluding hydrogens is 162 g/mol. The van der Waals surface area contributed by atoms with E-state index >= 15 is 0 Å². The van der Waals surface area contributed by atoms with Crippen molar-refractivity contribution >= 4 is 0 Å². The highest BCUT2D eigenvalue weighted by atomic mass is 16.5. The molecule has 4 atom stereocenters. The van der Waals surface area contributed by atoms with E-state index in [1.54, 1.807) is 0 Å². The molecule has 72 valence electrons. The quantitative estimate of drug-likeness (QED) is 0.365.